The van der Waals surface area contributed by atoms with Gasteiger partial charge in [0.05, 0.1) is 25.5 Å². The van der Waals surface area contributed by atoms with Crippen molar-refractivity contribution in [3.8, 4) is 11.5 Å². The summed E-state index contributed by atoms with van der Waals surface area (Å²) in [7, 11) is 4.79. The van der Waals surface area contributed by atoms with E-state index in [2.05, 4.69) is 0 Å². The third kappa shape index (κ3) is 3.28. The Morgan fingerprint density at radius 1 is 1.33 bits per heavy atom. The van der Waals surface area contributed by atoms with Crippen molar-refractivity contribution in [1.82, 2.24) is 4.90 Å². The van der Waals surface area contributed by atoms with Gasteiger partial charge in [0.2, 0.25) is 0 Å². The van der Waals surface area contributed by atoms with Gasteiger partial charge in [-0.15, -0.1) is 0 Å². The average molecular weight is 306 g/mol. The quantitative estimate of drug-likeness (QED) is 0.862. The third-order valence-corrected chi connectivity index (χ3v) is 3.88. The first kappa shape index (κ1) is 15.2. The van der Waals surface area contributed by atoms with Crippen molar-refractivity contribution < 1.29 is 14.3 Å². The Kier molecular flexibility index (Phi) is 4.70. The van der Waals surface area contributed by atoms with Crippen LogP contribution in [0.4, 0.5) is 5.69 Å². The van der Waals surface area contributed by atoms with Crippen LogP contribution in [0.3, 0.4) is 0 Å². The lowest BCUT2D eigenvalue weighted by atomic mass is 10.1. The molecule has 1 aromatic carbocycles. The van der Waals surface area contributed by atoms with Crippen LogP contribution in [-0.2, 0) is 6.54 Å². The Morgan fingerprint density at radius 3 is 2.67 bits per heavy atom. The highest BCUT2D eigenvalue weighted by Gasteiger charge is 2.19. The molecule has 0 radical (unpaired) electrons. The number of carbonyl (C=O) groups is 1. The first-order chi connectivity index (χ1) is 10.1. The maximum Gasteiger partial charge on any atom is 0.256 e. The van der Waals surface area contributed by atoms with E-state index in [1.807, 2.05) is 16.8 Å². The van der Waals surface area contributed by atoms with Crippen LogP contribution in [0.5, 0.6) is 11.5 Å². The van der Waals surface area contributed by atoms with Crippen LogP contribution in [0.25, 0.3) is 0 Å². The molecule has 0 atom stereocenters. The Bertz CT molecular complexity index is 626. The van der Waals surface area contributed by atoms with E-state index >= 15 is 0 Å². The molecule has 1 aromatic heterocycles. The van der Waals surface area contributed by atoms with E-state index in [1.54, 1.807) is 35.4 Å². The number of hydrogen-bond donors (Lipinski definition) is 1. The molecule has 0 saturated heterocycles. The monoisotopic (exact) mass is 306 g/mol. The first-order valence-corrected chi connectivity index (χ1v) is 7.29. The Balaban J connectivity index is 2.29. The summed E-state index contributed by atoms with van der Waals surface area (Å²) in [5, 5.41) is 4.00. The first-order valence-electron chi connectivity index (χ1n) is 6.34. The molecule has 2 N–H and O–H groups in total. The normalized spacial score (nSPS) is 10.2. The van der Waals surface area contributed by atoms with Crippen LogP contribution >= 0.6 is 11.3 Å². The number of amides is 1. The summed E-state index contributed by atoms with van der Waals surface area (Å²) in [6.45, 7) is 0.529. The van der Waals surface area contributed by atoms with Crippen molar-refractivity contribution in [1.29, 1.82) is 0 Å². The summed E-state index contributed by atoms with van der Waals surface area (Å²) in [6, 6.07) is 5.28. The number of methoxy groups -OCH3 is 2. The van der Waals surface area contributed by atoms with Crippen molar-refractivity contribution in [3.05, 3.63) is 40.1 Å². The largest absolute Gasteiger partial charge is 0.497 e. The highest BCUT2D eigenvalue weighted by Crippen LogP contribution is 2.31. The van der Waals surface area contributed by atoms with Crippen LogP contribution in [0.15, 0.2) is 29.0 Å². The van der Waals surface area contributed by atoms with Crippen LogP contribution in [0, 0.1) is 0 Å². The Hall–Kier alpha value is -2.21. The third-order valence-electron chi connectivity index (χ3n) is 3.15. The minimum absolute atomic E-state index is 0.170. The van der Waals surface area contributed by atoms with E-state index in [0.29, 0.717) is 29.3 Å². The predicted molar refractivity (Wildman–Crippen MR) is 84.1 cm³/mol. The van der Waals surface area contributed by atoms with Gasteiger partial charge in [0, 0.05) is 19.7 Å². The van der Waals surface area contributed by atoms with Gasteiger partial charge < -0.3 is 20.1 Å². The summed E-state index contributed by atoms with van der Waals surface area (Å²) < 4.78 is 10.4. The Morgan fingerprint density at radius 2 is 2.10 bits per heavy atom. The summed E-state index contributed by atoms with van der Waals surface area (Å²) >= 11 is 1.60. The van der Waals surface area contributed by atoms with E-state index in [-0.39, 0.29) is 5.91 Å². The van der Waals surface area contributed by atoms with Gasteiger partial charge >= 0.3 is 0 Å². The molecule has 112 valence electrons. The standard InChI is InChI=1S/C15H18N2O3S/c1-17(8-10-4-5-21-9-10)15(18)12-6-11(19-2)7-13(20-3)14(12)16/h4-7,9H,8,16H2,1-3H3. The van der Waals surface area contributed by atoms with Crippen LogP contribution in [-0.4, -0.2) is 32.1 Å². The number of ether oxygens (including phenoxy) is 2. The van der Waals surface area contributed by atoms with Crippen LogP contribution in [0.2, 0.25) is 0 Å². The van der Waals surface area contributed by atoms with Crippen molar-refractivity contribution >= 4 is 22.9 Å². The number of nitrogen functional groups attached to an aromatic ring is 1. The molecule has 5 nitrogen and oxygen atoms in total. The lowest BCUT2D eigenvalue weighted by Gasteiger charge is -2.19. The predicted octanol–water partition coefficient (Wildman–Crippen LogP) is 2.62. The molecule has 0 spiro atoms. The van der Waals surface area contributed by atoms with Crippen molar-refractivity contribution in [2.24, 2.45) is 0 Å². The fraction of sp³-hybridized carbons (Fsp3) is 0.267. The SMILES string of the molecule is COc1cc(OC)c(N)c(C(=O)N(C)Cc2ccsc2)c1. The van der Waals surface area contributed by atoms with Crippen LogP contribution in [0.1, 0.15) is 15.9 Å². The summed E-state index contributed by atoms with van der Waals surface area (Å²) in [6.07, 6.45) is 0. The smallest absolute Gasteiger partial charge is 0.256 e. The number of nitrogens with two attached hydrogens (primary N) is 1. The average Bonchev–Trinajstić information content (AvgIpc) is 2.99. The van der Waals surface area contributed by atoms with E-state index in [0.717, 1.165) is 5.56 Å². The Labute approximate surface area is 127 Å². The topological polar surface area (TPSA) is 64.8 Å². The number of anilines is 1. The maximum atomic E-state index is 12.6. The number of nitrogens with zero attached hydrogens (tertiary/aromatic N) is 1. The van der Waals surface area contributed by atoms with Crippen LogP contribution < -0.4 is 15.2 Å². The lowest BCUT2D eigenvalue weighted by Crippen LogP contribution is -2.27. The van der Waals surface area contributed by atoms with E-state index in [4.69, 9.17) is 15.2 Å². The van der Waals surface area contributed by atoms with Gasteiger partial charge in [-0.3, -0.25) is 4.79 Å². The second kappa shape index (κ2) is 6.49. The molecule has 21 heavy (non-hydrogen) atoms. The fourth-order valence-corrected chi connectivity index (χ4v) is 2.66. The molecule has 0 saturated carbocycles. The van der Waals surface area contributed by atoms with E-state index < -0.39 is 0 Å². The zero-order valence-corrected chi connectivity index (χ0v) is 13.1. The minimum atomic E-state index is -0.170. The number of benzene rings is 1. The number of hydrogen-bond acceptors (Lipinski definition) is 5. The molecule has 0 fully saturated rings. The lowest BCUT2D eigenvalue weighted by molar-refractivity contribution is 0.0785. The minimum Gasteiger partial charge on any atom is -0.497 e. The van der Waals surface area contributed by atoms with E-state index in [1.165, 1.54) is 14.2 Å². The molecular formula is C15H18N2O3S. The van der Waals surface area contributed by atoms with Crippen molar-refractivity contribution in [2.45, 2.75) is 6.54 Å². The van der Waals surface area contributed by atoms with Crippen molar-refractivity contribution in [3.63, 3.8) is 0 Å². The molecule has 1 amide bonds. The summed E-state index contributed by atoms with van der Waals surface area (Å²) in [5.74, 6) is 0.797. The molecule has 0 aliphatic carbocycles. The molecule has 0 unspecified atom stereocenters. The molecule has 1 heterocycles. The van der Waals surface area contributed by atoms with Gasteiger partial charge in [-0.25, -0.2) is 0 Å². The molecule has 2 rings (SSSR count). The molecule has 2 aromatic rings. The summed E-state index contributed by atoms with van der Waals surface area (Å²) in [4.78, 5) is 14.2. The molecule has 0 bridgehead atoms. The number of carbonyl (C=O) groups excluding carboxylic acids is 1. The van der Waals surface area contributed by atoms with Gasteiger partial charge in [-0.05, 0) is 28.5 Å². The van der Waals surface area contributed by atoms with Gasteiger partial charge in [-0.1, -0.05) is 0 Å². The maximum absolute atomic E-state index is 12.6. The molecule has 0 aliphatic rings. The van der Waals surface area contributed by atoms with E-state index in [9.17, 15) is 4.79 Å². The fourth-order valence-electron chi connectivity index (χ4n) is 2.00. The number of thiophene rings is 1. The van der Waals surface area contributed by atoms with Gasteiger partial charge in [0.1, 0.15) is 11.5 Å². The second-order valence-electron chi connectivity index (χ2n) is 4.58. The molecule has 0 aliphatic heterocycles. The van der Waals surface area contributed by atoms with Crippen molar-refractivity contribution in [2.75, 3.05) is 27.0 Å². The highest BCUT2D eigenvalue weighted by atomic mass is 32.1. The van der Waals surface area contributed by atoms with Gasteiger partial charge in [-0.2, -0.15) is 11.3 Å². The van der Waals surface area contributed by atoms with Gasteiger partial charge in [0.25, 0.3) is 5.91 Å². The van der Waals surface area contributed by atoms with Gasteiger partial charge in [0.15, 0.2) is 0 Å². The second-order valence-corrected chi connectivity index (χ2v) is 5.36. The zero-order valence-electron chi connectivity index (χ0n) is 12.3. The zero-order chi connectivity index (χ0) is 15.4. The highest BCUT2D eigenvalue weighted by molar-refractivity contribution is 7.07. The summed E-state index contributed by atoms with van der Waals surface area (Å²) in [5.41, 5.74) is 7.79. The number of rotatable bonds is 5. The molecular weight excluding hydrogens is 288 g/mol. The molecule has 6 heteroatoms.